The highest BCUT2D eigenvalue weighted by Crippen LogP contribution is 2.33. The van der Waals surface area contributed by atoms with Gasteiger partial charge < -0.3 is 19.9 Å². The molecule has 1 aromatic heterocycles. The first-order valence-electron chi connectivity index (χ1n) is 11.1. The minimum atomic E-state index is 0.0630. The van der Waals surface area contributed by atoms with Crippen molar-refractivity contribution in [1.82, 2.24) is 20.0 Å². The molecule has 2 aliphatic rings. The van der Waals surface area contributed by atoms with Gasteiger partial charge in [-0.3, -0.25) is 14.5 Å². The van der Waals surface area contributed by atoms with Gasteiger partial charge in [-0.15, -0.1) is 0 Å². The van der Waals surface area contributed by atoms with Crippen LogP contribution in [0.25, 0.3) is 0 Å². The summed E-state index contributed by atoms with van der Waals surface area (Å²) in [6.45, 7) is 5.95. The second kappa shape index (κ2) is 9.96. The van der Waals surface area contributed by atoms with Gasteiger partial charge in [0.15, 0.2) is 5.96 Å². The Balaban J connectivity index is 1.44. The second-order valence-electron chi connectivity index (χ2n) is 8.14. The number of piperazine rings is 1. The zero-order chi connectivity index (χ0) is 21.6. The summed E-state index contributed by atoms with van der Waals surface area (Å²) >= 11 is 0. The van der Waals surface area contributed by atoms with Crippen LogP contribution in [-0.2, 0) is 16.6 Å². The quantitative estimate of drug-likeness (QED) is 0.588. The van der Waals surface area contributed by atoms with E-state index in [-0.39, 0.29) is 12.0 Å². The van der Waals surface area contributed by atoms with E-state index in [1.807, 2.05) is 19.3 Å². The van der Waals surface area contributed by atoms with Crippen LogP contribution in [0.2, 0.25) is 0 Å². The lowest BCUT2D eigenvalue weighted by Crippen LogP contribution is -2.55. The summed E-state index contributed by atoms with van der Waals surface area (Å²) in [5.74, 6) is 1.20. The van der Waals surface area contributed by atoms with Gasteiger partial charge in [0.05, 0.1) is 18.0 Å². The van der Waals surface area contributed by atoms with E-state index in [4.69, 9.17) is 9.73 Å². The number of carbonyl (C=O) groups excluding carboxylic acids is 1. The van der Waals surface area contributed by atoms with Crippen molar-refractivity contribution in [2.75, 3.05) is 44.2 Å². The Hall–Kier alpha value is -2.87. The number of hydrogen-bond acceptors (Lipinski definition) is 4. The molecule has 1 amide bonds. The van der Waals surface area contributed by atoms with E-state index < -0.39 is 0 Å². The molecule has 2 atom stereocenters. The summed E-state index contributed by atoms with van der Waals surface area (Å²) in [7, 11) is 1.86. The maximum atomic E-state index is 12.8. The Morgan fingerprint density at radius 1 is 1.29 bits per heavy atom. The third-order valence-electron chi connectivity index (χ3n) is 5.91. The SMILES string of the molecule is CCNC(=NCC1CCCOC1c1ccccc1)N1CCN(c2cnn(C)c2)C(=O)C1. The van der Waals surface area contributed by atoms with Crippen LogP contribution < -0.4 is 10.2 Å². The third-order valence-corrected chi connectivity index (χ3v) is 5.91. The first-order chi connectivity index (χ1) is 15.2. The zero-order valence-corrected chi connectivity index (χ0v) is 18.4. The van der Waals surface area contributed by atoms with Gasteiger partial charge in [0.1, 0.15) is 6.54 Å². The van der Waals surface area contributed by atoms with E-state index in [0.717, 1.165) is 44.2 Å². The number of benzene rings is 1. The lowest BCUT2D eigenvalue weighted by Gasteiger charge is -2.36. The number of nitrogens with zero attached hydrogens (tertiary/aromatic N) is 5. The Kier molecular flexibility index (Phi) is 6.86. The average molecular weight is 425 g/mol. The molecule has 2 aliphatic heterocycles. The van der Waals surface area contributed by atoms with Crippen molar-refractivity contribution >= 4 is 17.6 Å². The summed E-state index contributed by atoms with van der Waals surface area (Å²) in [4.78, 5) is 21.6. The highest BCUT2D eigenvalue weighted by atomic mass is 16.5. The summed E-state index contributed by atoms with van der Waals surface area (Å²) in [6, 6.07) is 10.4. The standard InChI is InChI=1S/C23H32N6O2/c1-3-24-23(28-11-12-29(21(30)17-28)20-15-26-27(2)16-20)25-14-19-10-7-13-31-22(19)18-8-5-4-6-9-18/h4-6,8-9,15-16,19,22H,3,7,10-14,17H2,1-2H3,(H,24,25). The van der Waals surface area contributed by atoms with E-state index in [9.17, 15) is 4.79 Å². The van der Waals surface area contributed by atoms with E-state index >= 15 is 0 Å². The smallest absolute Gasteiger partial charge is 0.246 e. The molecule has 8 heteroatoms. The molecule has 1 N–H and O–H groups in total. The lowest BCUT2D eigenvalue weighted by atomic mass is 9.89. The van der Waals surface area contributed by atoms with E-state index in [1.54, 1.807) is 15.8 Å². The van der Waals surface area contributed by atoms with Crippen molar-refractivity contribution in [1.29, 1.82) is 0 Å². The molecule has 3 heterocycles. The fraction of sp³-hybridized carbons (Fsp3) is 0.522. The van der Waals surface area contributed by atoms with Crippen LogP contribution in [0.3, 0.4) is 0 Å². The molecule has 31 heavy (non-hydrogen) atoms. The lowest BCUT2D eigenvalue weighted by molar-refractivity contribution is -0.120. The number of aliphatic imine (C=N–C) groups is 1. The van der Waals surface area contributed by atoms with E-state index in [0.29, 0.717) is 25.6 Å². The van der Waals surface area contributed by atoms with Crippen LogP contribution >= 0.6 is 0 Å². The molecule has 0 bridgehead atoms. The van der Waals surface area contributed by atoms with Gasteiger partial charge in [-0.05, 0) is 25.3 Å². The van der Waals surface area contributed by atoms with Crippen LogP contribution in [0, 0.1) is 5.92 Å². The van der Waals surface area contributed by atoms with Gasteiger partial charge in [-0.2, -0.15) is 5.10 Å². The second-order valence-corrected chi connectivity index (χ2v) is 8.14. The van der Waals surface area contributed by atoms with Crippen LogP contribution in [0.5, 0.6) is 0 Å². The number of nitrogens with one attached hydrogen (secondary N) is 1. The van der Waals surface area contributed by atoms with Gasteiger partial charge in [0, 0.05) is 51.9 Å². The van der Waals surface area contributed by atoms with Crippen molar-refractivity contribution in [3.63, 3.8) is 0 Å². The predicted octanol–water partition coefficient (Wildman–Crippen LogP) is 2.20. The summed E-state index contributed by atoms with van der Waals surface area (Å²) < 4.78 is 7.84. The zero-order valence-electron chi connectivity index (χ0n) is 18.4. The maximum absolute atomic E-state index is 12.8. The van der Waals surface area contributed by atoms with Gasteiger partial charge in [-0.1, -0.05) is 30.3 Å². The maximum Gasteiger partial charge on any atom is 0.246 e. The van der Waals surface area contributed by atoms with E-state index in [2.05, 4.69) is 46.5 Å². The highest BCUT2D eigenvalue weighted by Gasteiger charge is 2.30. The van der Waals surface area contributed by atoms with Crippen molar-refractivity contribution in [2.24, 2.45) is 18.0 Å². The molecule has 4 rings (SSSR count). The fourth-order valence-electron chi connectivity index (χ4n) is 4.35. The van der Waals surface area contributed by atoms with Crippen molar-refractivity contribution < 1.29 is 9.53 Å². The summed E-state index contributed by atoms with van der Waals surface area (Å²) in [6.07, 6.45) is 5.84. The van der Waals surface area contributed by atoms with Gasteiger partial charge in [0.25, 0.3) is 0 Å². The largest absolute Gasteiger partial charge is 0.373 e. The number of hydrogen-bond donors (Lipinski definition) is 1. The molecular weight excluding hydrogens is 392 g/mol. The first kappa shape index (κ1) is 21.4. The van der Waals surface area contributed by atoms with Gasteiger partial charge in [0.2, 0.25) is 5.91 Å². The Bertz CT molecular complexity index is 896. The van der Waals surface area contributed by atoms with Gasteiger partial charge in [-0.25, -0.2) is 0 Å². The molecule has 0 radical (unpaired) electrons. The first-order valence-corrected chi connectivity index (χ1v) is 11.1. The molecule has 1 aromatic carbocycles. The average Bonchev–Trinajstić information content (AvgIpc) is 3.23. The number of rotatable bonds is 5. The Morgan fingerprint density at radius 2 is 2.13 bits per heavy atom. The topological polar surface area (TPSA) is 75.0 Å². The minimum absolute atomic E-state index is 0.0630. The Morgan fingerprint density at radius 3 is 2.84 bits per heavy atom. The number of carbonyl (C=O) groups is 1. The van der Waals surface area contributed by atoms with Crippen LogP contribution in [0.1, 0.15) is 31.4 Å². The normalized spacial score (nSPS) is 22.6. The van der Waals surface area contributed by atoms with Crippen LogP contribution in [0.15, 0.2) is 47.7 Å². The molecule has 166 valence electrons. The van der Waals surface area contributed by atoms with Crippen molar-refractivity contribution in [3.05, 3.63) is 48.3 Å². The predicted molar refractivity (Wildman–Crippen MR) is 121 cm³/mol. The molecule has 8 nitrogen and oxygen atoms in total. The number of amides is 1. The number of aromatic nitrogens is 2. The Labute approximate surface area is 183 Å². The number of guanidine groups is 1. The fourth-order valence-corrected chi connectivity index (χ4v) is 4.35. The number of aryl methyl sites for hydroxylation is 1. The monoisotopic (exact) mass is 424 g/mol. The van der Waals surface area contributed by atoms with Gasteiger partial charge >= 0.3 is 0 Å². The molecular formula is C23H32N6O2. The summed E-state index contributed by atoms with van der Waals surface area (Å²) in [5.41, 5.74) is 2.06. The highest BCUT2D eigenvalue weighted by molar-refractivity contribution is 5.98. The molecule has 2 unspecified atom stereocenters. The molecule has 0 aliphatic carbocycles. The third kappa shape index (κ3) is 5.07. The number of anilines is 1. The van der Waals surface area contributed by atoms with E-state index in [1.165, 1.54) is 5.56 Å². The van der Waals surface area contributed by atoms with Crippen molar-refractivity contribution in [2.45, 2.75) is 25.9 Å². The number of ether oxygens (including phenoxy) is 1. The summed E-state index contributed by atoms with van der Waals surface area (Å²) in [5, 5.41) is 7.56. The molecule has 2 saturated heterocycles. The minimum Gasteiger partial charge on any atom is -0.373 e. The molecule has 0 saturated carbocycles. The van der Waals surface area contributed by atoms with Crippen LogP contribution in [0.4, 0.5) is 5.69 Å². The van der Waals surface area contributed by atoms with Crippen LogP contribution in [-0.4, -0.2) is 65.9 Å². The van der Waals surface area contributed by atoms with Crippen molar-refractivity contribution in [3.8, 4) is 0 Å². The molecule has 0 spiro atoms. The molecule has 2 fully saturated rings. The molecule has 2 aromatic rings.